The average Bonchev–Trinajstić information content (AvgIpc) is 3.44. The molecule has 0 saturated carbocycles. The predicted molar refractivity (Wildman–Crippen MR) is 154 cm³/mol. The Bertz CT molecular complexity index is 1340. The van der Waals surface area contributed by atoms with E-state index in [0.29, 0.717) is 13.2 Å². The second kappa shape index (κ2) is 11.0. The maximum absolute atomic E-state index is 10.3. The molecule has 4 aromatic rings. The third kappa shape index (κ3) is 4.85. The highest BCUT2D eigenvalue weighted by molar-refractivity contribution is 5.47. The lowest BCUT2D eigenvalue weighted by atomic mass is 9.80. The van der Waals surface area contributed by atoms with Crippen LogP contribution in [0.5, 0.6) is 0 Å². The molecule has 5 nitrogen and oxygen atoms in total. The lowest BCUT2D eigenvalue weighted by molar-refractivity contribution is -0.170. The number of hydrogen-bond acceptors (Lipinski definition) is 5. The van der Waals surface area contributed by atoms with Crippen molar-refractivity contribution in [3.05, 3.63) is 144 Å². The predicted octanol–water partition coefficient (Wildman–Crippen LogP) is 6.29. The van der Waals surface area contributed by atoms with Gasteiger partial charge in [0.1, 0.15) is 23.9 Å². The number of benzene rings is 4. The summed E-state index contributed by atoms with van der Waals surface area (Å²) in [6.07, 6.45) is -0.666. The summed E-state index contributed by atoms with van der Waals surface area (Å²) in [5, 5.41) is 10.3. The molecule has 0 spiro atoms. The molecule has 0 bridgehead atoms. The van der Waals surface area contributed by atoms with Gasteiger partial charge < -0.3 is 14.2 Å². The van der Waals surface area contributed by atoms with Gasteiger partial charge in [-0.25, -0.2) is 0 Å². The Morgan fingerprint density at radius 3 is 1.65 bits per heavy atom. The number of nitriles is 1. The summed E-state index contributed by atoms with van der Waals surface area (Å²) in [5.74, 6) is -0.767. The van der Waals surface area contributed by atoms with Gasteiger partial charge >= 0.3 is 0 Å². The van der Waals surface area contributed by atoms with Gasteiger partial charge in [0.2, 0.25) is 0 Å². The van der Waals surface area contributed by atoms with Crippen LogP contribution >= 0.6 is 0 Å². The Kier molecular flexibility index (Phi) is 7.27. The van der Waals surface area contributed by atoms with E-state index in [0.717, 1.165) is 22.3 Å². The van der Waals surface area contributed by atoms with Gasteiger partial charge in [-0.05, 0) is 36.1 Å². The van der Waals surface area contributed by atoms with Gasteiger partial charge in [-0.1, -0.05) is 121 Å². The van der Waals surface area contributed by atoms with Crippen LogP contribution in [0.3, 0.4) is 0 Å². The summed E-state index contributed by atoms with van der Waals surface area (Å²) >= 11 is 0. The summed E-state index contributed by atoms with van der Waals surface area (Å²) < 4.78 is 20.0. The molecule has 40 heavy (non-hydrogen) atoms. The fourth-order valence-corrected chi connectivity index (χ4v) is 6.27. The van der Waals surface area contributed by atoms with Crippen LogP contribution in [-0.4, -0.2) is 41.6 Å². The summed E-state index contributed by atoms with van der Waals surface area (Å²) in [5.41, 5.74) is 3.39. The highest BCUT2D eigenvalue weighted by atomic mass is 16.8. The van der Waals surface area contributed by atoms with Crippen molar-refractivity contribution in [2.75, 3.05) is 6.61 Å². The zero-order chi connectivity index (χ0) is 27.6. The number of ether oxygens (including phenoxy) is 3. The molecule has 0 aromatic heterocycles. The molecule has 6 rings (SSSR count). The lowest BCUT2D eigenvalue weighted by Crippen LogP contribution is -2.46. The molecular weight excluding hydrogens is 496 g/mol. The highest BCUT2D eigenvalue weighted by Gasteiger charge is 2.58. The van der Waals surface area contributed by atoms with Crippen LogP contribution in [0.15, 0.2) is 121 Å². The van der Waals surface area contributed by atoms with Crippen LogP contribution < -0.4 is 0 Å². The van der Waals surface area contributed by atoms with Crippen LogP contribution in [0.4, 0.5) is 0 Å². The first-order valence-corrected chi connectivity index (χ1v) is 13.9. The van der Waals surface area contributed by atoms with Crippen molar-refractivity contribution >= 4 is 0 Å². The van der Waals surface area contributed by atoms with E-state index in [1.54, 1.807) is 0 Å². The number of hydrogen-bond donors (Lipinski definition) is 0. The summed E-state index contributed by atoms with van der Waals surface area (Å²) in [4.78, 5) is 2.20. The largest absolute Gasteiger partial charge is 0.359 e. The van der Waals surface area contributed by atoms with Crippen molar-refractivity contribution in [2.45, 2.75) is 56.1 Å². The van der Waals surface area contributed by atoms with E-state index in [1.165, 1.54) is 0 Å². The quantitative estimate of drug-likeness (QED) is 0.251. The zero-order valence-corrected chi connectivity index (χ0v) is 22.9. The fourth-order valence-electron chi connectivity index (χ4n) is 6.27. The van der Waals surface area contributed by atoms with E-state index in [4.69, 9.17) is 14.2 Å². The molecule has 202 valence electrons. The third-order valence-corrected chi connectivity index (χ3v) is 7.99. The molecule has 2 aliphatic rings. The van der Waals surface area contributed by atoms with Gasteiger partial charge in [0.25, 0.3) is 0 Å². The van der Waals surface area contributed by atoms with Crippen LogP contribution in [0.2, 0.25) is 0 Å². The van der Waals surface area contributed by atoms with Crippen molar-refractivity contribution < 1.29 is 14.2 Å². The van der Waals surface area contributed by atoms with Crippen molar-refractivity contribution in [1.82, 2.24) is 4.90 Å². The number of nitrogens with zero attached hydrogens (tertiary/aromatic N) is 2. The average molecular weight is 531 g/mol. The molecule has 2 aliphatic heterocycles. The molecule has 2 fully saturated rings. The van der Waals surface area contributed by atoms with Gasteiger partial charge in [0.05, 0.1) is 18.7 Å². The van der Waals surface area contributed by atoms with Crippen molar-refractivity contribution in [2.24, 2.45) is 0 Å². The van der Waals surface area contributed by atoms with Crippen LogP contribution in [0.1, 0.15) is 36.1 Å². The monoisotopic (exact) mass is 530 g/mol. The summed E-state index contributed by atoms with van der Waals surface area (Å²) in [7, 11) is 0. The first-order valence-electron chi connectivity index (χ1n) is 13.9. The second-order valence-electron chi connectivity index (χ2n) is 11.0. The Morgan fingerprint density at radius 1 is 0.725 bits per heavy atom. The first kappa shape index (κ1) is 26.4. The van der Waals surface area contributed by atoms with E-state index < -0.39 is 17.4 Å². The number of fused-ring (bicyclic) bond motifs is 1. The molecule has 2 heterocycles. The summed E-state index contributed by atoms with van der Waals surface area (Å²) in [6.45, 7) is 4.77. The highest BCUT2D eigenvalue weighted by Crippen LogP contribution is 2.44. The van der Waals surface area contributed by atoms with E-state index in [1.807, 2.05) is 50.2 Å². The smallest absolute Gasteiger partial charge is 0.163 e. The van der Waals surface area contributed by atoms with E-state index in [-0.39, 0.29) is 18.2 Å². The van der Waals surface area contributed by atoms with E-state index in [2.05, 4.69) is 95.9 Å². The molecule has 4 aromatic carbocycles. The number of likely N-dealkylation sites (tertiary alicyclic amines) is 1. The van der Waals surface area contributed by atoms with Crippen molar-refractivity contribution in [1.29, 1.82) is 5.26 Å². The maximum Gasteiger partial charge on any atom is 0.163 e. The Morgan fingerprint density at radius 2 is 1.18 bits per heavy atom. The lowest BCUT2D eigenvalue weighted by Gasteiger charge is -2.39. The van der Waals surface area contributed by atoms with Crippen LogP contribution in [-0.2, 0) is 26.4 Å². The van der Waals surface area contributed by atoms with Gasteiger partial charge in [-0.15, -0.1) is 0 Å². The molecule has 5 heteroatoms. The van der Waals surface area contributed by atoms with E-state index >= 15 is 0 Å². The van der Waals surface area contributed by atoms with Gasteiger partial charge in [0, 0.05) is 6.54 Å². The minimum absolute atomic E-state index is 0.202. The molecule has 4 atom stereocenters. The Balaban J connectivity index is 1.44. The molecule has 0 unspecified atom stereocenters. The summed E-state index contributed by atoms with van der Waals surface area (Å²) in [6, 6.07) is 43.2. The standard InChI is InChI=1S/C35H34N2O3/c1-34(2)39-32-30(23-36)37(24-26-15-7-3-8-16-26)31(33(32)40-34)25-38-35(27-17-9-4-10-18-27,28-19-11-5-12-20-28)29-21-13-6-14-22-29/h3-22,30-33H,24-25H2,1-2H3/t30-,31+,32+,33-/m1/s1. The minimum Gasteiger partial charge on any atom is -0.359 e. The molecule has 2 saturated heterocycles. The Hall–Kier alpha value is -3.79. The third-order valence-electron chi connectivity index (χ3n) is 7.99. The fraction of sp³-hybridized carbons (Fsp3) is 0.286. The molecule has 0 aliphatic carbocycles. The van der Waals surface area contributed by atoms with Gasteiger partial charge in [-0.2, -0.15) is 5.26 Å². The van der Waals surface area contributed by atoms with E-state index in [9.17, 15) is 5.26 Å². The molecule has 0 amide bonds. The molecular formula is C35H34N2O3. The number of rotatable bonds is 8. The molecule has 0 N–H and O–H groups in total. The van der Waals surface area contributed by atoms with Crippen molar-refractivity contribution in [3.8, 4) is 6.07 Å². The second-order valence-corrected chi connectivity index (χ2v) is 11.0. The van der Waals surface area contributed by atoms with Crippen LogP contribution in [0, 0.1) is 11.3 Å². The van der Waals surface area contributed by atoms with Crippen molar-refractivity contribution in [3.63, 3.8) is 0 Å². The van der Waals surface area contributed by atoms with Gasteiger partial charge in [-0.3, -0.25) is 4.90 Å². The van der Waals surface area contributed by atoms with Crippen LogP contribution in [0.25, 0.3) is 0 Å². The first-order chi connectivity index (χ1) is 19.5. The Labute approximate surface area is 236 Å². The van der Waals surface area contributed by atoms with Gasteiger partial charge in [0.15, 0.2) is 5.79 Å². The molecule has 0 radical (unpaired) electrons. The SMILES string of the molecule is CC1(C)O[C@@H]2[C@H](O1)[C@H](COC(c1ccccc1)(c1ccccc1)c1ccccc1)N(Cc1ccccc1)[C@@H]2C#N. The minimum atomic E-state index is -0.864. The maximum atomic E-state index is 10.3. The zero-order valence-electron chi connectivity index (χ0n) is 22.9. The topological polar surface area (TPSA) is 54.7 Å². The normalized spacial score (nSPS) is 23.9.